The maximum absolute atomic E-state index is 5.92. The van der Waals surface area contributed by atoms with E-state index in [1.807, 2.05) is 0 Å². The lowest BCUT2D eigenvalue weighted by Gasteiger charge is -2.15. The summed E-state index contributed by atoms with van der Waals surface area (Å²) < 4.78 is 5.92. The molecule has 0 aliphatic rings. The van der Waals surface area contributed by atoms with E-state index in [4.69, 9.17) is 4.74 Å². The molecule has 2 heteroatoms. The lowest BCUT2D eigenvalue weighted by atomic mass is 9.98. The average Bonchev–Trinajstić information content (AvgIpc) is 2.42. The minimum absolute atomic E-state index is 0.569. The molecule has 0 aromatic heterocycles. The molecule has 0 saturated carbocycles. The molecular weight excluding hydrogens is 222 g/mol. The van der Waals surface area contributed by atoms with Crippen molar-refractivity contribution in [1.29, 1.82) is 0 Å². The molecule has 1 aromatic carbocycles. The van der Waals surface area contributed by atoms with Gasteiger partial charge in [0, 0.05) is 0 Å². The molecule has 18 heavy (non-hydrogen) atoms. The number of rotatable bonds is 8. The molecule has 0 aliphatic carbocycles. The van der Waals surface area contributed by atoms with Crippen molar-refractivity contribution in [1.82, 2.24) is 0 Å². The highest BCUT2D eigenvalue weighted by Crippen LogP contribution is 2.28. The van der Waals surface area contributed by atoms with Crippen molar-refractivity contribution in [2.45, 2.75) is 52.5 Å². The number of ether oxygens (including phenoxy) is 1. The molecule has 0 spiro atoms. The van der Waals surface area contributed by atoms with Crippen molar-refractivity contribution in [2.24, 2.45) is 0 Å². The van der Waals surface area contributed by atoms with Crippen LogP contribution in [0.25, 0.3) is 0 Å². The van der Waals surface area contributed by atoms with Gasteiger partial charge in [-0.25, -0.2) is 0 Å². The zero-order valence-corrected chi connectivity index (χ0v) is 12.3. The summed E-state index contributed by atoms with van der Waals surface area (Å²) in [4.78, 5) is 0. The van der Waals surface area contributed by atoms with Gasteiger partial charge in [-0.3, -0.25) is 0 Å². The average molecular weight is 250 g/mol. The Balaban J connectivity index is 2.46. The molecule has 1 rings (SSSR count). The van der Waals surface area contributed by atoms with E-state index in [0.717, 1.165) is 25.3 Å². The summed E-state index contributed by atoms with van der Waals surface area (Å²) in [7, 11) is 0. The minimum atomic E-state index is 0.569. The van der Waals surface area contributed by atoms with Gasteiger partial charge in [0.05, 0.1) is 6.04 Å². The third kappa shape index (κ3) is 4.69. The van der Waals surface area contributed by atoms with E-state index in [1.165, 1.54) is 12.0 Å². The first kappa shape index (κ1) is 15.0. The van der Waals surface area contributed by atoms with Gasteiger partial charge < -0.3 is 10.1 Å². The SMILES string of the molecule is CC[C@@H](C)[NH2+]CCOc1ccccc1[C@@H](C)CC. The smallest absolute Gasteiger partial charge is 0.137 e. The van der Waals surface area contributed by atoms with Crippen molar-refractivity contribution >= 4 is 0 Å². The molecule has 0 aliphatic heterocycles. The molecule has 0 radical (unpaired) electrons. The van der Waals surface area contributed by atoms with Gasteiger partial charge in [-0.15, -0.1) is 0 Å². The highest BCUT2D eigenvalue weighted by Gasteiger charge is 2.09. The van der Waals surface area contributed by atoms with E-state index in [-0.39, 0.29) is 0 Å². The Bertz CT molecular complexity index is 338. The first-order valence-corrected chi connectivity index (χ1v) is 7.24. The van der Waals surface area contributed by atoms with Gasteiger partial charge in [0.2, 0.25) is 0 Å². The van der Waals surface area contributed by atoms with Crippen LogP contribution in [0.3, 0.4) is 0 Å². The molecule has 2 N–H and O–H groups in total. The Labute approximate surface area is 112 Å². The number of quaternary nitrogens is 1. The fourth-order valence-corrected chi connectivity index (χ4v) is 1.93. The number of nitrogens with two attached hydrogens (primary N) is 1. The van der Waals surface area contributed by atoms with Crippen molar-refractivity contribution in [2.75, 3.05) is 13.2 Å². The molecule has 0 unspecified atom stereocenters. The number of benzene rings is 1. The van der Waals surface area contributed by atoms with Crippen LogP contribution in [0.4, 0.5) is 0 Å². The van der Waals surface area contributed by atoms with Crippen molar-refractivity contribution in [3.05, 3.63) is 29.8 Å². The van der Waals surface area contributed by atoms with Gasteiger partial charge in [-0.1, -0.05) is 39.0 Å². The highest BCUT2D eigenvalue weighted by molar-refractivity contribution is 5.35. The molecular formula is C16H28NO+. The standard InChI is InChI=1S/C16H27NO/c1-5-13(3)15-9-7-8-10-16(15)18-12-11-17-14(4)6-2/h7-10,13-14,17H,5-6,11-12H2,1-4H3/p+1/t13-,14+/m0/s1. The Morgan fingerprint density at radius 2 is 1.83 bits per heavy atom. The van der Waals surface area contributed by atoms with E-state index in [9.17, 15) is 0 Å². The van der Waals surface area contributed by atoms with E-state index < -0.39 is 0 Å². The third-order valence-corrected chi connectivity index (χ3v) is 3.65. The maximum atomic E-state index is 5.92. The number of para-hydroxylation sites is 1. The zero-order chi connectivity index (χ0) is 13.4. The second-order valence-electron chi connectivity index (χ2n) is 5.11. The summed E-state index contributed by atoms with van der Waals surface area (Å²) in [6, 6.07) is 9.12. The maximum Gasteiger partial charge on any atom is 0.137 e. The van der Waals surface area contributed by atoms with Crippen molar-refractivity contribution in [3.63, 3.8) is 0 Å². The molecule has 0 fully saturated rings. The summed E-state index contributed by atoms with van der Waals surface area (Å²) in [6.07, 6.45) is 2.36. The Morgan fingerprint density at radius 1 is 1.11 bits per heavy atom. The van der Waals surface area contributed by atoms with Crippen molar-refractivity contribution < 1.29 is 10.1 Å². The van der Waals surface area contributed by atoms with Crippen LogP contribution in [0.2, 0.25) is 0 Å². The fraction of sp³-hybridized carbons (Fsp3) is 0.625. The van der Waals surface area contributed by atoms with Crippen molar-refractivity contribution in [3.8, 4) is 5.75 Å². The number of hydrogen-bond donors (Lipinski definition) is 1. The number of hydrogen-bond acceptors (Lipinski definition) is 1. The molecule has 2 nitrogen and oxygen atoms in total. The first-order valence-electron chi connectivity index (χ1n) is 7.24. The molecule has 0 saturated heterocycles. The summed E-state index contributed by atoms with van der Waals surface area (Å²) in [5, 5.41) is 2.35. The Hall–Kier alpha value is -1.02. The first-order chi connectivity index (χ1) is 8.69. The van der Waals surface area contributed by atoms with Crippen LogP contribution in [-0.2, 0) is 0 Å². The second kappa shape index (κ2) is 8.15. The predicted molar refractivity (Wildman–Crippen MR) is 77.2 cm³/mol. The van der Waals surface area contributed by atoms with E-state index >= 15 is 0 Å². The van der Waals surface area contributed by atoms with Gasteiger partial charge >= 0.3 is 0 Å². The summed E-state index contributed by atoms with van der Waals surface area (Å²) in [6.45, 7) is 10.8. The van der Waals surface area contributed by atoms with Gasteiger partial charge in [0.1, 0.15) is 18.9 Å². The fourth-order valence-electron chi connectivity index (χ4n) is 1.93. The van der Waals surface area contributed by atoms with Crippen LogP contribution < -0.4 is 10.1 Å². The summed E-state index contributed by atoms with van der Waals surface area (Å²) >= 11 is 0. The third-order valence-electron chi connectivity index (χ3n) is 3.65. The largest absolute Gasteiger partial charge is 0.487 e. The van der Waals surface area contributed by atoms with Crippen LogP contribution in [0, 0.1) is 0 Å². The van der Waals surface area contributed by atoms with Gasteiger partial charge in [-0.05, 0) is 37.3 Å². The van der Waals surface area contributed by atoms with E-state index in [2.05, 4.69) is 57.3 Å². The normalized spacial score (nSPS) is 14.2. The molecule has 2 atom stereocenters. The van der Waals surface area contributed by atoms with Gasteiger partial charge in [0.25, 0.3) is 0 Å². The zero-order valence-electron chi connectivity index (χ0n) is 12.3. The van der Waals surface area contributed by atoms with Crippen LogP contribution >= 0.6 is 0 Å². The van der Waals surface area contributed by atoms with Gasteiger partial charge in [-0.2, -0.15) is 0 Å². The summed E-state index contributed by atoms with van der Waals surface area (Å²) in [5.74, 6) is 1.63. The topological polar surface area (TPSA) is 25.8 Å². The minimum Gasteiger partial charge on any atom is -0.487 e. The Kier molecular flexibility index (Phi) is 6.81. The lowest BCUT2D eigenvalue weighted by molar-refractivity contribution is -0.686. The van der Waals surface area contributed by atoms with Crippen LogP contribution in [0.15, 0.2) is 24.3 Å². The van der Waals surface area contributed by atoms with E-state index in [0.29, 0.717) is 12.0 Å². The molecule has 1 aromatic rings. The lowest BCUT2D eigenvalue weighted by Crippen LogP contribution is -2.90. The molecule has 0 amide bonds. The quantitative estimate of drug-likeness (QED) is 0.705. The van der Waals surface area contributed by atoms with Crippen LogP contribution in [0.1, 0.15) is 52.0 Å². The molecule has 0 bridgehead atoms. The monoisotopic (exact) mass is 250 g/mol. The van der Waals surface area contributed by atoms with Gasteiger partial charge in [0.15, 0.2) is 0 Å². The van der Waals surface area contributed by atoms with E-state index in [1.54, 1.807) is 0 Å². The second-order valence-corrected chi connectivity index (χ2v) is 5.11. The molecule has 0 heterocycles. The van der Waals surface area contributed by atoms with Crippen LogP contribution in [0.5, 0.6) is 5.75 Å². The van der Waals surface area contributed by atoms with Crippen LogP contribution in [-0.4, -0.2) is 19.2 Å². The summed E-state index contributed by atoms with van der Waals surface area (Å²) in [5.41, 5.74) is 1.34. The highest BCUT2D eigenvalue weighted by atomic mass is 16.5. The Morgan fingerprint density at radius 3 is 2.50 bits per heavy atom. The predicted octanol–water partition coefficient (Wildman–Crippen LogP) is 2.94. The molecule has 102 valence electrons.